The van der Waals surface area contributed by atoms with E-state index in [0.29, 0.717) is 5.69 Å². The van der Waals surface area contributed by atoms with E-state index in [9.17, 15) is 14.7 Å². The van der Waals surface area contributed by atoms with Gasteiger partial charge < -0.3 is 10.4 Å². The first-order chi connectivity index (χ1) is 12.6. The molecule has 0 aromatic heterocycles. The van der Waals surface area contributed by atoms with E-state index < -0.39 is 11.9 Å². The highest BCUT2D eigenvalue weighted by Gasteiger charge is 2.15. The summed E-state index contributed by atoms with van der Waals surface area (Å²) in [6.45, 7) is 0. The van der Waals surface area contributed by atoms with E-state index in [2.05, 4.69) is 17.4 Å². The van der Waals surface area contributed by atoms with E-state index in [1.165, 1.54) is 17.7 Å². The predicted molar refractivity (Wildman–Crippen MR) is 104 cm³/mol. The standard InChI is InChI=1S/C21H17NO3S/c23-20(18-8-4-5-9-19(18)21(24)25)22-16-10-12-17(13-11-16)26-14-15-6-2-1-3-7-15/h1-13H,14H2,(H,22,23)(H,24,25). The minimum atomic E-state index is -1.12. The number of benzene rings is 3. The molecule has 0 unspecified atom stereocenters. The normalized spacial score (nSPS) is 10.3. The fourth-order valence-corrected chi connectivity index (χ4v) is 3.30. The lowest BCUT2D eigenvalue weighted by Gasteiger charge is -2.08. The molecule has 4 nitrogen and oxygen atoms in total. The van der Waals surface area contributed by atoms with Gasteiger partial charge in [-0.1, -0.05) is 42.5 Å². The molecule has 0 radical (unpaired) electrons. The van der Waals surface area contributed by atoms with Crippen molar-refractivity contribution in [1.82, 2.24) is 0 Å². The van der Waals surface area contributed by atoms with Crippen LogP contribution in [-0.2, 0) is 5.75 Å². The van der Waals surface area contributed by atoms with Gasteiger partial charge in [-0.25, -0.2) is 4.79 Å². The summed E-state index contributed by atoms with van der Waals surface area (Å²) >= 11 is 1.71. The second kappa shape index (κ2) is 8.36. The van der Waals surface area contributed by atoms with Gasteiger partial charge >= 0.3 is 5.97 Å². The number of amides is 1. The van der Waals surface area contributed by atoms with Gasteiger partial charge in [0.05, 0.1) is 11.1 Å². The van der Waals surface area contributed by atoms with Gasteiger partial charge in [0, 0.05) is 16.3 Å². The molecule has 0 heterocycles. The number of carbonyl (C=O) groups excluding carboxylic acids is 1. The third-order valence-electron chi connectivity index (χ3n) is 3.76. The van der Waals surface area contributed by atoms with Crippen LogP contribution in [0.3, 0.4) is 0 Å². The van der Waals surface area contributed by atoms with Crippen LogP contribution in [0, 0.1) is 0 Å². The van der Waals surface area contributed by atoms with Crippen LogP contribution in [-0.4, -0.2) is 17.0 Å². The van der Waals surface area contributed by atoms with E-state index >= 15 is 0 Å². The average Bonchev–Trinajstić information content (AvgIpc) is 2.68. The van der Waals surface area contributed by atoms with Gasteiger partial charge in [-0.05, 0) is 42.0 Å². The summed E-state index contributed by atoms with van der Waals surface area (Å²) in [6, 6.07) is 23.9. The number of rotatable bonds is 6. The van der Waals surface area contributed by atoms with Crippen molar-refractivity contribution in [2.24, 2.45) is 0 Å². The van der Waals surface area contributed by atoms with Crippen molar-refractivity contribution in [2.45, 2.75) is 10.6 Å². The molecule has 1 amide bonds. The Labute approximate surface area is 155 Å². The van der Waals surface area contributed by atoms with E-state index in [1.807, 2.05) is 42.5 Å². The second-order valence-electron chi connectivity index (χ2n) is 5.60. The Hall–Kier alpha value is -3.05. The van der Waals surface area contributed by atoms with E-state index in [-0.39, 0.29) is 11.1 Å². The minimum Gasteiger partial charge on any atom is -0.478 e. The summed E-state index contributed by atoms with van der Waals surface area (Å²) < 4.78 is 0. The fraction of sp³-hybridized carbons (Fsp3) is 0.0476. The number of carbonyl (C=O) groups is 2. The number of thioether (sulfide) groups is 1. The molecule has 5 heteroatoms. The first-order valence-corrected chi connectivity index (χ1v) is 9.02. The van der Waals surface area contributed by atoms with Crippen molar-refractivity contribution >= 4 is 29.3 Å². The molecule has 0 fully saturated rings. The van der Waals surface area contributed by atoms with Crippen LogP contribution in [0.1, 0.15) is 26.3 Å². The number of carboxylic acids is 1. The number of hydrogen-bond acceptors (Lipinski definition) is 3. The van der Waals surface area contributed by atoms with Crippen molar-refractivity contribution < 1.29 is 14.7 Å². The summed E-state index contributed by atoms with van der Waals surface area (Å²) in [5.41, 5.74) is 2.00. The molecule has 2 N–H and O–H groups in total. The minimum absolute atomic E-state index is 0.0139. The van der Waals surface area contributed by atoms with E-state index in [1.54, 1.807) is 23.9 Å². The topological polar surface area (TPSA) is 66.4 Å². The lowest BCUT2D eigenvalue weighted by atomic mass is 10.1. The van der Waals surface area contributed by atoms with Crippen LogP contribution in [0.25, 0.3) is 0 Å². The molecule has 0 aliphatic carbocycles. The molecule has 0 saturated heterocycles. The second-order valence-corrected chi connectivity index (χ2v) is 6.65. The molecule has 0 bridgehead atoms. The first-order valence-electron chi connectivity index (χ1n) is 8.04. The summed E-state index contributed by atoms with van der Waals surface area (Å²) in [5, 5.41) is 11.9. The van der Waals surface area contributed by atoms with Gasteiger partial charge in [-0.2, -0.15) is 0 Å². The molecule has 0 saturated carbocycles. The molecule has 3 rings (SSSR count). The lowest BCUT2D eigenvalue weighted by molar-refractivity contribution is 0.0692. The fourth-order valence-electron chi connectivity index (χ4n) is 2.44. The molecule has 0 aliphatic rings. The largest absolute Gasteiger partial charge is 0.478 e. The zero-order valence-electron chi connectivity index (χ0n) is 13.9. The Morgan fingerprint density at radius 2 is 1.42 bits per heavy atom. The van der Waals surface area contributed by atoms with Gasteiger partial charge in [-0.15, -0.1) is 11.8 Å². The highest BCUT2D eigenvalue weighted by molar-refractivity contribution is 7.98. The maximum absolute atomic E-state index is 12.4. The Morgan fingerprint density at radius 1 is 0.808 bits per heavy atom. The third kappa shape index (κ3) is 4.52. The number of carboxylic acid groups (broad SMARTS) is 1. The summed E-state index contributed by atoms with van der Waals surface area (Å²) in [7, 11) is 0. The predicted octanol–water partition coefficient (Wildman–Crippen LogP) is 4.93. The molecule has 26 heavy (non-hydrogen) atoms. The lowest BCUT2D eigenvalue weighted by Crippen LogP contribution is -2.16. The van der Waals surface area contributed by atoms with Crippen molar-refractivity contribution in [3.63, 3.8) is 0 Å². The van der Waals surface area contributed by atoms with Gasteiger partial charge in [-0.3, -0.25) is 4.79 Å². The molecular weight excluding hydrogens is 346 g/mol. The van der Waals surface area contributed by atoms with Crippen LogP contribution >= 0.6 is 11.8 Å². The SMILES string of the molecule is O=C(O)c1ccccc1C(=O)Nc1ccc(SCc2ccccc2)cc1. The van der Waals surface area contributed by atoms with Crippen LogP contribution < -0.4 is 5.32 Å². The molecule has 130 valence electrons. The van der Waals surface area contributed by atoms with Crippen LogP contribution in [0.2, 0.25) is 0 Å². The Balaban J connectivity index is 1.64. The van der Waals surface area contributed by atoms with Crippen LogP contribution in [0.4, 0.5) is 5.69 Å². The average molecular weight is 363 g/mol. The smallest absolute Gasteiger partial charge is 0.336 e. The molecule has 0 spiro atoms. The highest BCUT2D eigenvalue weighted by atomic mass is 32.2. The molecule has 3 aromatic carbocycles. The van der Waals surface area contributed by atoms with Crippen molar-refractivity contribution in [3.05, 3.63) is 95.6 Å². The van der Waals surface area contributed by atoms with Crippen LogP contribution in [0.15, 0.2) is 83.8 Å². The quantitative estimate of drug-likeness (QED) is 0.610. The van der Waals surface area contributed by atoms with Crippen molar-refractivity contribution in [2.75, 3.05) is 5.32 Å². The third-order valence-corrected chi connectivity index (χ3v) is 4.85. The zero-order chi connectivity index (χ0) is 18.4. The van der Waals surface area contributed by atoms with Crippen molar-refractivity contribution in [1.29, 1.82) is 0 Å². The van der Waals surface area contributed by atoms with Gasteiger partial charge in [0.25, 0.3) is 5.91 Å². The Bertz CT molecular complexity index is 908. The monoisotopic (exact) mass is 363 g/mol. The summed E-state index contributed by atoms with van der Waals surface area (Å²) in [6.07, 6.45) is 0. The molecule has 3 aromatic rings. The van der Waals surface area contributed by atoms with Gasteiger partial charge in [0.15, 0.2) is 0 Å². The highest BCUT2D eigenvalue weighted by Crippen LogP contribution is 2.24. The zero-order valence-corrected chi connectivity index (χ0v) is 14.7. The van der Waals surface area contributed by atoms with Crippen LogP contribution in [0.5, 0.6) is 0 Å². The maximum atomic E-state index is 12.4. The molecule has 0 aliphatic heterocycles. The van der Waals surface area contributed by atoms with Gasteiger partial charge in [0.1, 0.15) is 0 Å². The number of nitrogens with one attached hydrogen (secondary N) is 1. The molecular formula is C21H17NO3S. The maximum Gasteiger partial charge on any atom is 0.336 e. The summed E-state index contributed by atoms with van der Waals surface area (Å²) in [4.78, 5) is 24.7. The Kier molecular flexibility index (Phi) is 5.71. The molecule has 0 atom stereocenters. The summed E-state index contributed by atoms with van der Waals surface area (Å²) in [5.74, 6) is -0.686. The number of aromatic carboxylic acids is 1. The number of anilines is 1. The van der Waals surface area contributed by atoms with Crippen molar-refractivity contribution in [3.8, 4) is 0 Å². The number of hydrogen-bond donors (Lipinski definition) is 2. The van der Waals surface area contributed by atoms with E-state index in [0.717, 1.165) is 10.6 Å². The Morgan fingerprint density at radius 3 is 2.08 bits per heavy atom. The van der Waals surface area contributed by atoms with E-state index in [4.69, 9.17) is 0 Å². The first kappa shape index (κ1) is 17.8. The van der Waals surface area contributed by atoms with Gasteiger partial charge in [0.2, 0.25) is 0 Å².